The molecule has 1 aliphatic rings. The fraction of sp³-hybridized carbons (Fsp3) is 0.364. The zero-order chi connectivity index (χ0) is 12.4. The number of nitrogens with two attached hydrogens (primary N) is 1. The Kier molecular flexibility index (Phi) is 2.95. The molecule has 0 bridgehead atoms. The Hall–Kier alpha value is -2.11. The van der Waals surface area contributed by atoms with E-state index in [9.17, 15) is 14.7 Å². The molecule has 1 unspecified atom stereocenters. The molecule has 1 aromatic rings. The fourth-order valence-electron chi connectivity index (χ4n) is 2.03. The highest BCUT2D eigenvalue weighted by molar-refractivity contribution is 5.99. The smallest absolute Gasteiger partial charge is 0.258 e. The van der Waals surface area contributed by atoms with Gasteiger partial charge in [-0.1, -0.05) is 0 Å². The second-order valence-electron chi connectivity index (χ2n) is 3.95. The minimum Gasteiger partial charge on any atom is -0.505 e. The van der Waals surface area contributed by atoms with Crippen molar-refractivity contribution in [3.8, 4) is 5.75 Å². The molecular weight excluding hydrogens is 222 g/mol. The van der Waals surface area contributed by atoms with Crippen LogP contribution in [-0.2, 0) is 4.79 Å². The summed E-state index contributed by atoms with van der Waals surface area (Å²) in [5.74, 6) is -1.08. The molecule has 1 atom stereocenters. The third-order valence-electron chi connectivity index (χ3n) is 2.87. The summed E-state index contributed by atoms with van der Waals surface area (Å²) in [6, 6.07) is 0.851. The summed E-state index contributed by atoms with van der Waals surface area (Å²) in [6.07, 6.45) is 3.93. The zero-order valence-corrected chi connectivity index (χ0v) is 9.17. The number of rotatable bonds is 2. The second-order valence-corrected chi connectivity index (χ2v) is 3.95. The van der Waals surface area contributed by atoms with Gasteiger partial charge in [-0.05, 0) is 18.9 Å². The van der Waals surface area contributed by atoms with Crippen LogP contribution in [0, 0.1) is 0 Å². The maximum atomic E-state index is 12.1. The van der Waals surface area contributed by atoms with Gasteiger partial charge in [0, 0.05) is 12.7 Å². The van der Waals surface area contributed by atoms with Crippen LogP contribution in [0.25, 0.3) is 0 Å². The molecule has 1 aliphatic heterocycles. The monoisotopic (exact) mass is 235 g/mol. The van der Waals surface area contributed by atoms with Crippen LogP contribution in [-0.4, -0.2) is 39.4 Å². The van der Waals surface area contributed by atoms with Crippen LogP contribution < -0.4 is 5.73 Å². The van der Waals surface area contributed by atoms with Gasteiger partial charge in [0.1, 0.15) is 11.8 Å². The van der Waals surface area contributed by atoms with Crippen molar-refractivity contribution in [3.05, 3.63) is 24.0 Å². The SMILES string of the molecule is NC(=O)C1CCCN1C(=O)c1ccncc1O. The molecule has 1 fully saturated rings. The Morgan fingerprint density at radius 3 is 2.94 bits per heavy atom. The number of carbonyl (C=O) groups is 2. The van der Waals surface area contributed by atoms with E-state index in [0.717, 1.165) is 6.42 Å². The molecule has 2 amide bonds. The van der Waals surface area contributed by atoms with E-state index >= 15 is 0 Å². The molecule has 90 valence electrons. The van der Waals surface area contributed by atoms with Gasteiger partial charge in [-0.3, -0.25) is 14.6 Å². The van der Waals surface area contributed by atoms with Crippen LogP contribution in [0.1, 0.15) is 23.2 Å². The lowest BCUT2D eigenvalue weighted by atomic mass is 10.1. The molecule has 6 heteroatoms. The number of amides is 2. The first-order chi connectivity index (χ1) is 8.11. The molecule has 0 radical (unpaired) electrons. The number of carbonyl (C=O) groups excluding carboxylic acids is 2. The molecule has 17 heavy (non-hydrogen) atoms. The summed E-state index contributed by atoms with van der Waals surface area (Å²) >= 11 is 0. The topological polar surface area (TPSA) is 96.5 Å². The zero-order valence-electron chi connectivity index (χ0n) is 9.17. The lowest BCUT2D eigenvalue weighted by Crippen LogP contribution is -2.43. The second kappa shape index (κ2) is 4.40. The average molecular weight is 235 g/mol. The Labute approximate surface area is 98.1 Å². The van der Waals surface area contributed by atoms with E-state index in [4.69, 9.17) is 5.73 Å². The van der Waals surface area contributed by atoms with Crippen molar-refractivity contribution in [1.29, 1.82) is 0 Å². The van der Waals surface area contributed by atoms with Crippen molar-refractivity contribution in [2.45, 2.75) is 18.9 Å². The van der Waals surface area contributed by atoms with Crippen molar-refractivity contribution >= 4 is 11.8 Å². The Morgan fingerprint density at radius 2 is 2.29 bits per heavy atom. The quantitative estimate of drug-likeness (QED) is 0.746. The van der Waals surface area contributed by atoms with Gasteiger partial charge in [0.25, 0.3) is 5.91 Å². The van der Waals surface area contributed by atoms with Gasteiger partial charge in [0.2, 0.25) is 5.91 Å². The van der Waals surface area contributed by atoms with E-state index in [1.807, 2.05) is 0 Å². The lowest BCUT2D eigenvalue weighted by molar-refractivity contribution is -0.121. The highest BCUT2D eigenvalue weighted by Gasteiger charge is 2.33. The summed E-state index contributed by atoms with van der Waals surface area (Å²) < 4.78 is 0. The van der Waals surface area contributed by atoms with Crippen LogP contribution in [0.5, 0.6) is 5.75 Å². The molecule has 0 aliphatic carbocycles. The van der Waals surface area contributed by atoms with Gasteiger partial charge < -0.3 is 15.7 Å². The van der Waals surface area contributed by atoms with Crippen molar-refractivity contribution in [2.75, 3.05) is 6.54 Å². The van der Waals surface area contributed by atoms with E-state index in [-0.39, 0.29) is 17.2 Å². The van der Waals surface area contributed by atoms with Crippen LogP contribution in [0.15, 0.2) is 18.5 Å². The maximum Gasteiger partial charge on any atom is 0.258 e. The van der Waals surface area contributed by atoms with E-state index in [1.165, 1.54) is 23.4 Å². The first-order valence-electron chi connectivity index (χ1n) is 5.34. The average Bonchev–Trinajstić information content (AvgIpc) is 2.77. The number of aromatic nitrogens is 1. The van der Waals surface area contributed by atoms with Crippen LogP contribution in [0.4, 0.5) is 0 Å². The molecule has 2 heterocycles. The Balaban J connectivity index is 2.26. The van der Waals surface area contributed by atoms with Gasteiger partial charge in [0.15, 0.2) is 0 Å². The summed E-state index contributed by atoms with van der Waals surface area (Å²) in [4.78, 5) is 28.4. The summed E-state index contributed by atoms with van der Waals surface area (Å²) in [7, 11) is 0. The van der Waals surface area contributed by atoms with Crippen molar-refractivity contribution < 1.29 is 14.7 Å². The number of aromatic hydroxyl groups is 1. The molecule has 6 nitrogen and oxygen atoms in total. The molecule has 0 spiro atoms. The van der Waals surface area contributed by atoms with Gasteiger partial charge in [0.05, 0.1) is 11.8 Å². The van der Waals surface area contributed by atoms with Crippen molar-refractivity contribution in [3.63, 3.8) is 0 Å². The minimum absolute atomic E-state index is 0.146. The van der Waals surface area contributed by atoms with E-state index in [2.05, 4.69) is 4.98 Å². The number of nitrogens with zero attached hydrogens (tertiary/aromatic N) is 2. The first-order valence-corrected chi connectivity index (χ1v) is 5.34. The van der Waals surface area contributed by atoms with E-state index in [1.54, 1.807) is 0 Å². The van der Waals surface area contributed by atoms with Gasteiger partial charge in [-0.2, -0.15) is 0 Å². The van der Waals surface area contributed by atoms with Crippen molar-refractivity contribution in [1.82, 2.24) is 9.88 Å². The Morgan fingerprint density at radius 1 is 1.53 bits per heavy atom. The highest BCUT2D eigenvalue weighted by Crippen LogP contribution is 2.23. The van der Waals surface area contributed by atoms with Crippen LogP contribution in [0.3, 0.4) is 0 Å². The summed E-state index contributed by atoms with van der Waals surface area (Å²) in [6.45, 7) is 0.480. The predicted molar refractivity (Wildman–Crippen MR) is 59.2 cm³/mol. The van der Waals surface area contributed by atoms with Gasteiger partial charge in [-0.25, -0.2) is 0 Å². The maximum absolute atomic E-state index is 12.1. The van der Waals surface area contributed by atoms with Gasteiger partial charge in [-0.15, -0.1) is 0 Å². The summed E-state index contributed by atoms with van der Waals surface area (Å²) in [5.41, 5.74) is 5.38. The molecule has 1 saturated heterocycles. The van der Waals surface area contributed by atoms with E-state index < -0.39 is 11.9 Å². The number of hydrogen-bond donors (Lipinski definition) is 2. The third kappa shape index (κ3) is 2.06. The molecular formula is C11H13N3O3. The number of hydrogen-bond acceptors (Lipinski definition) is 4. The van der Waals surface area contributed by atoms with Crippen LogP contribution in [0.2, 0.25) is 0 Å². The summed E-state index contributed by atoms with van der Waals surface area (Å²) in [5, 5.41) is 9.54. The molecule has 0 saturated carbocycles. The van der Waals surface area contributed by atoms with Crippen molar-refractivity contribution in [2.24, 2.45) is 5.73 Å². The normalized spacial score (nSPS) is 19.3. The van der Waals surface area contributed by atoms with Gasteiger partial charge >= 0.3 is 0 Å². The standard InChI is InChI=1S/C11H13N3O3/c12-10(16)8-2-1-5-14(8)11(17)7-3-4-13-6-9(7)15/h3-4,6,8,15H,1-2,5H2,(H2,12,16). The third-order valence-corrected chi connectivity index (χ3v) is 2.87. The predicted octanol–water partition coefficient (Wildman–Crippen LogP) is -0.123. The molecule has 2 rings (SSSR count). The fourth-order valence-corrected chi connectivity index (χ4v) is 2.03. The Bertz CT molecular complexity index is 461. The van der Waals surface area contributed by atoms with Crippen LogP contribution >= 0.6 is 0 Å². The first kappa shape index (κ1) is 11.4. The van der Waals surface area contributed by atoms with E-state index in [0.29, 0.717) is 13.0 Å². The number of pyridine rings is 1. The molecule has 0 aromatic carbocycles. The molecule has 1 aromatic heterocycles. The number of likely N-dealkylation sites (tertiary alicyclic amines) is 1. The highest BCUT2D eigenvalue weighted by atomic mass is 16.3. The largest absolute Gasteiger partial charge is 0.505 e. The number of primary amides is 1. The minimum atomic E-state index is -0.574. The molecule has 3 N–H and O–H groups in total. The lowest BCUT2D eigenvalue weighted by Gasteiger charge is -2.22.